The number of hydrogen-bond acceptors (Lipinski definition) is 8. The van der Waals surface area contributed by atoms with Crippen LogP contribution in [0.1, 0.15) is 69.5 Å². The van der Waals surface area contributed by atoms with Crippen LogP contribution >= 0.6 is 0 Å². The first-order chi connectivity index (χ1) is 18.3. The summed E-state index contributed by atoms with van der Waals surface area (Å²) < 4.78 is 14.1. The molecule has 0 radical (unpaired) electrons. The third-order valence-electron chi connectivity index (χ3n) is 8.70. The Kier molecular flexibility index (Phi) is 5.43. The Hall–Kier alpha value is -3.53. The van der Waals surface area contributed by atoms with Crippen molar-refractivity contribution in [1.82, 2.24) is 29.8 Å². The minimum Gasteiger partial charge on any atom is -0.459 e. The van der Waals surface area contributed by atoms with Crippen LogP contribution in [-0.4, -0.2) is 61.0 Å². The molecule has 3 aromatic rings. The molecule has 3 aliphatic heterocycles. The summed E-state index contributed by atoms with van der Waals surface area (Å²) in [5, 5.41) is 12.3. The summed E-state index contributed by atoms with van der Waals surface area (Å²) >= 11 is 0. The number of aryl methyl sites for hydroxylation is 2. The molecular formula is C29H37N7O3. The fourth-order valence-corrected chi connectivity index (χ4v) is 6.53. The molecule has 39 heavy (non-hydrogen) atoms. The predicted molar refractivity (Wildman–Crippen MR) is 146 cm³/mol. The van der Waals surface area contributed by atoms with E-state index in [-0.39, 0.29) is 18.0 Å². The molecule has 10 heteroatoms. The van der Waals surface area contributed by atoms with Crippen molar-refractivity contribution in [1.29, 1.82) is 0 Å². The maximum absolute atomic E-state index is 13.5. The van der Waals surface area contributed by atoms with Crippen LogP contribution in [0.2, 0.25) is 0 Å². The number of aromatic amines is 1. The number of aromatic nitrogens is 6. The molecule has 7 rings (SSSR count). The topological polar surface area (TPSA) is 111 Å². The predicted octanol–water partition coefficient (Wildman–Crippen LogP) is 4.16. The van der Waals surface area contributed by atoms with Crippen LogP contribution in [0.4, 0.5) is 5.69 Å². The van der Waals surface area contributed by atoms with Crippen molar-refractivity contribution in [3.05, 3.63) is 60.1 Å². The smallest absolute Gasteiger partial charge is 0.315 e. The molecule has 0 aromatic carbocycles. The number of nitrogens with zero attached hydrogens (tertiary/aromatic N) is 6. The molecule has 3 saturated heterocycles. The summed E-state index contributed by atoms with van der Waals surface area (Å²) in [6.45, 7) is 21.9. The maximum atomic E-state index is 13.5. The highest BCUT2D eigenvalue weighted by atomic mass is 16.6. The Morgan fingerprint density at radius 2 is 2.08 bits per heavy atom. The lowest BCUT2D eigenvalue weighted by atomic mass is 9.53. The van der Waals surface area contributed by atoms with E-state index in [2.05, 4.69) is 46.2 Å². The van der Waals surface area contributed by atoms with E-state index in [0.717, 1.165) is 42.0 Å². The van der Waals surface area contributed by atoms with Crippen molar-refractivity contribution in [2.75, 3.05) is 24.6 Å². The molecule has 0 spiro atoms. The molecule has 6 heterocycles. The van der Waals surface area contributed by atoms with Crippen LogP contribution in [0.5, 0.6) is 0 Å². The van der Waals surface area contributed by atoms with Crippen LogP contribution in [-0.2, 0) is 19.9 Å². The van der Waals surface area contributed by atoms with Crippen LogP contribution in [0.3, 0.4) is 0 Å². The van der Waals surface area contributed by atoms with Gasteiger partial charge in [0.05, 0.1) is 24.4 Å². The molecule has 1 N–H and O–H groups in total. The van der Waals surface area contributed by atoms with Gasteiger partial charge in [0.25, 0.3) is 0 Å². The highest BCUT2D eigenvalue weighted by Crippen LogP contribution is 2.71. The van der Waals surface area contributed by atoms with E-state index < -0.39 is 22.5 Å². The van der Waals surface area contributed by atoms with Gasteiger partial charge in [-0.25, -0.2) is 14.5 Å². The van der Waals surface area contributed by atoms with Gasteiger partial charge in [0.1, 0.15) is 22.4 Å². The van der Waals surface area contributed by atoms with Crippen LogP contribution in [0, 0.1) is 24.7 Å². The van der Waals surface area contributed by atoms with E-state index in [1.165, 1.54) is 0 Å². The number of ether oxygens (including phenoxy) is 2. The average Bonchev–Trinajstić information content (AvgIpc) is 3.65. The average molecular weight is 532 g/mol. The van der Waals surface area contributed by atoms with Crippen LogP contribution in [0.25, 0.3) is 5.65 Å². The summed E-state index contributed by atoms with van der Waals surface area (Å²) in [4.78, 5) is 25.4. The highest BCUT2D eigenvalue weighted by molar-refractivity contribution is 5.82. The van der Waals surface area contributed by atoms with Gasteiger partial charge in [-0.3, -0.25) is 9.89 Å². The standard InChI is InChI=1S/C29H37N7O3/c1-9-18(3)27(8)10-11-35(15-27)20-12-17(2)23-31-24(34-36(23)13-20)29-14-28(16-38-29,25(37)39-26(5,6)7)21(29)22-30-19(4)32-33-22/h9,12-13,21H,1,3,10-11,14-16H2,2,4-8H3,(H,30,32,33)/t21?,27-,28?,29?/m0/s1. The number of carbonyl (C=O) groups is 1. The number of H-pyrrole nitrogens is 1. The van der Waals surface area contributed by atoms with E-state index in [4.69, 9.17) is 19.6 Å². The summed E-state index contributed by atoms with van der Waals surface area (Å²) in [5.41, 5.74) is 1.51. The highest BCUT2D eigenvalue weighted by Gasteiger charge is 2.78. The lowest BCUT2D eigenvalue weighted by Crippen LogP contribution is -2.57. The van der Waals surface area contributed by atoms with Gasteiger partial charge in [0, 0.05) is 24.9 Å². The molecule has 10 nitrogen and oxygen atoms in total. The molecule has 0 amide bonds. The number of rotatable bonds is 6. The number of esters is 1. The van der Waals surface area contributed by atoms with Gasteiger partial charge in [-0.1, -0.05) is 26.2 Å². The monoisotopic (exact) mass is 531 g/mol. The van der Waals surface area contributed by atoms with Crippen molar-refractivity contribution in [3.8, 4) is 0 Å². The molecule has 206 valence electrons. The third kappa shape index (κ3) is 3.75. The van der Waals surface area contributed by atoms with E-state index in [9.17, 15) is 4.79 Å². The van der Waals surface area contributed by atoms with Crippen molar-refractivity contribution in [2.24, 2.45) is 10.8 Å². The zero-order valence-corrected chi connectivity index (χ0v) is 23.7. The second-order valence-corrected chi connectivity index (χ2v) is 12.8. The first-order valence-electron chi connectivity index (χ1n) is 13.5. The summed E-state index contributed by atoms with van der Waals surface area (Å²) in [7, 11) is 0. The number of pyridine rings is 1. The molecule has 4 aliphatic rings. The molecule has 3 aromatic heterocycles. The second-order valence-electron chi connectivity index (χ2n) is 12.8. The lowest BCUT2D eigenvalue weighted by Gasteiger charge is -2.48. The molecule has 4 fully saturated rings. The number of hydrogen-bond donors (Lipinski definition) is 1. The zero-order valence-electron chi connectivity index (χ0n) is 23.7. The van der Waals surface area contributed by atoms with Crippen molar-refractivity contribution in [2.45, 2.75) is 71.5 Å². The minimum atomic E-state index is -0.905. The molecule has 4 atom stereocenters. The number of fused-ring (bicyclic) bond motifs is 2. The van der Waals surface area contributed by atoms with E-state index in [1.54, 1.807) is 0 Å². The van der Waals surface area contributed by atoms with Gasteiger partial charge in [-0.2, -0.15) is 5.10 Å². The Bertz CT molecular complexity index is 1520. The second kappa shape index (κ2) is 8.24. The third-order valence-corrected chi connectivity index (χ3v) is 8.70. The number of carbonyl (C=O) groups excluding carboxylic acids is 1. The molecule has 1 aliphatic carbocycles. The summed E-state index contributed by atoms with van der Waals surface area (Å²) in [6.07, 6.45) is 5.33. The van der Waals surface area contributed by atoms with Crippen LogP contribution < -0.4 is 4.90 Å². The Morgan fingerprint density at radius 1 is 1.31 bits per heavy atom. The number of allylic oxidation sites excluding steroid dienone is 1. The van der Waals surface area contributed by atoms with Gasteiger partial charge in [-0.15, -0.1) is 5.10 Å². The molecular weight excluding hydrogens is 494 g/mol. The van der Waals surface area contributed by atoms with Crippen molar-refractivity contribution < 1.29 is 14.3 Å². The first kappa shape index (κ1) is 25.7. The fraction of sp³-hybridized carbons (Fsp3) is 0.552. The summed E-state index contributed by atoms with van der Waals surface area (Å²) in [5.74, 6) is 0.989. The van der Waals surface area contributed by atoms with Gasteiger partial charge in [-0.05, 0) is 58.2 Å². The molecule has 1 saturated carbocycles. The van der Waals surface area contributed by atoms with E-state index in [0.29, 0.717) is 23.9 Å². The van der Waals surface area contributed by atoms with E-state index in [1.807, 2.05) is 51.4 Å². The fourth-order valence-electron chi connectivity index (χ4n) is 6.53. The molecule has 2 bridgehead atoms. The zero-order chi connectivity index (χ0) is 28.0. The Balaban J connectivity index is 1.37. The Morgan fingerprint density at radius 3 is 2.74 bits per heavy atom. The normalized spacial score (nSPS) is 30.0. The Labute approximate surface area is 228 Å². The number of anilines is 1. The van der Waals surface area contributed by atoms with Gasteiger partial charge in [0.2, 0.25) is 0 Å². The van der Waals surface area contributed by atoms with Gasteiger partial charge < -0.3 is 14.4 Å². The lowest BCUT2D eigenvalue weighted by molar-refractivity contribution is -0.177. The largest absolute Gasteiger partial charge is 0.459 e. The minimum absolute atomic E-state index is 0.00633. The SMILES string of the molecule is C=CC(=C)[C@@]1(C)CCN(c2cc(C)c3nc(C45CC(C(=O)OC(C)(C)C)(CO4)C5c4n[nH]c(C)n4)nn3c2)C1. The van der Waals surface area contributed by atoms with Crippen molar-refractivity contribution in [3.63, 3.8) is 0 Å². The van der Waals surface area contributed by atoms with Crippen LogP contribution in [0.15, 0.2) is 37.1 Å². The van der Waals surface area contributed by atoms with Gasteiger partial charge >= 0.3 is 5.97 Å². The van der Waals surface area contributed by atoms with Crippen molar-refractivity contribution >= 4 is 17.3 Å². The maximum Gasteiger partial charge on any atom is 0.315 e. The molecule has 3 unspecified atom stereocenters. The summed E-state index contributed by atoms with van der Waals surface area (Å²) in [6, 6.07) is 2.16. The van der Waals surface area contributed by atoms with Gasteiger partial charge in [0.15, 0.2) is 17.3 Å². The quantitative estimate of drug-likeness (QED) is 0.373. The van der Waals surface area contributed by atoms with E-state index >= 15 is 0 Å². The first-order valence-corrected chi connectivity index (χ1v) is 13.5. The number of nitrogens with one attached hydrogen (secondary N) is 1.